The second-order valence-electron chi connectivity index (χ2n) is 4.91. The van der Waals surface area contributed by atoms with Gasteiger partial charge < -0.3 is 10.7 Å². The van der Waals surface area contributed by atoms with Crippen molar-refractivity contribution >= 4 is 27.1 Å². The van der Waals surface area contributed by atoms with Gasteiger partial charge in [-0.1, -0.05) is 31.5 Å². The van der Waals surface area contributed by atoms with Crippen LogP contribution >= 0.6 is 11.3 Å². The molecule has 1 aromatic heterocycles. The lowest BCUT2D eigenvalue weighted by atomic mass is 9.88. The van der Waals surface area contributed by atoms with Crippen LogP contribution in [0.2, 0.25) is 0 Å². The smallest absolute Gasteiger partial charge is 0.0345 e. The van der Waals surface area contributed by atoms with E-state index in [4.69, 9.17) is 5.41 Å². The molecule has 0 radical (unpaired) electrons. The summed E-state index contributed by atoms with van der Waals surface area (Å²) in [5, 5.41) is 15.1. The molecule has 0 saturated heterocycles. The van der Waals surface area contributed by atoms with Gasteiger partial charge in [0.05, 0.1) is 0 Å². The Kier molecular flexibility index (Phi) is 5.11. The Morgan fingerprint density at radius 1 is 1.37 bits per heavy atom. The van der Waals surface area contributed by atoms with Crippen LogP contribution in [-0.2, 0) is 0 Å². The summed E-state index contributed by atoms with van der Waals surface area (Å²) in [7, 11) is 1.98. The normalized spacial score (nSPS) is 12.7. The number of thiophene rings is 1. The first-order valence-electron chi connectivity index (χ1n) is 6.96. The van der Waals surface area contributed by atoms with Crippen molar-refractivity contribution in [3.63, 3.8) is 0 Å². The van der Waals surface area contributed by atoms with Gasteiger partial charge in [-0.2, -0.15) is 0 Å². The maximum Gasteiger partial charge on any atom is 0.0345 e. The van der Waals surface area contributed by atoms with E-state index in [1.54, 1.807) is 11.3 Å². The zero-order valence-corrected chi connectivity index (χ0v) is 12.5. The summed E-state index contributed by atoms with van der Waals surface area (Å²) in [6.45, 7) is 3.11. The number of hydrogen-bond donors (Lipinski definition) is 2. The highest BCUT2D eigenvalue weighted by atomic mass is 32.1. The predicted octanol–water partition coefficient (Wildman–Crippen LogP) is 4.41. The zero-order chi connectivity index (χ0) is 13.7. The summed E-state index contributed by atoms with van der Waals surface area (Å²) >= 11 is 1.79. The van der Waals surface area contributed by atoms with Gasteiger partial charge in [0.2, 0.25) is 0 Å². The fourth-order valence-electron chi connectivity index (χ4n) is 2.52. The molecule has 1 heterocycles. The van der Waals surface area contributed by atoms with E-state index in [2.05, 4.69) is 41.9 Å². The van der Waals surface area contributed by atoms with Crippen molar-refractivity contribution in [3.05, 3.63) is 35.2 Å². The van der Waals surface area contributed by atoms with Crippen molar-refractivity contribution in [2.24, 2.45) is 0 Å². The largest absolute Gasteiger partial charge is 0.320 e. The Labute approximate surface area is 119 Å². The molecule has 2 aromatic rings. The van der Waals surface area contributed by atoms with Crippen molar-refractivity contribution in [2.45, 2.75) is 32.1 Å². The quantitative estimate of drug-likeness (QED) is 0.721. The predicted molar refractivity (Wildman–Crippen MR) is 85.7 cm³/mol. The third-order valence-electron chi connectivity index (χ3n) is 3.51. The molecule has 1 atom stereocenters. The lowest BCUT2D eigenvalue weighted by molar-refractivity contribution is 0.685. The van der Waals surface area contributed by atoms with Gasteiger partial charge >= 0.3 is 0 Å². The van der Waals surface area contributed by atoms with Gasteiger partial charge in [0.15, 0.2) is 0 Å². The molecule has 2 N–H and O–H groups in total. The third-order valence-corrected chi connectivity index (χ3v) is 4.49. The van der Waals surface area contributed by atoms with E-state index in [0.717, 1.165) is 31.5 Å². The summed E-state index contributed by atoms with van der Waals surface area (Å²) in [4.78, 5) is 0. The van der Waals surface area contributed by atoms with Gasteiger partial charge in [0, 0.05) is 16.3 Å². The Morgan fingerprint density at radius 2 is 2.16 bits per heavy atom. The third kappa shape index (κ3) is 3.23. The van der Waals surface area contributed by atoms with Crippen molar-refractivity contribution in [3.8, 4) is 0 Å². The van der Waals surface area contributed by atoms with Crippen LogP contribution in [0.5, 0.6) is 0 Å². The molecule has 3 heteroatoms. The molecule has 2 nitrogen and oxygen atoms in total. The summed E-state index contributed by atoms with van der Waals surface area (Å²) in [6.07, 6.45) is 2.96. The first-order valence-corrected chi connectivity index (χ1v) is 7.84. The monoisotopic (exact) mass is 274 g/mol. The maximum atomic E-state index is 8.35. The topological polar surface area (TPSA) is 35.9 Å². The molecule has 0 aliphatic rings. The van der Waals surface area contributed by atoms with Gasteiger partial charge in [-0.05, 0) is 48.8 Å². The molecule has 1 unspecified atom stereocenters. The average Bonchev–Trinajstić information content (AvgIpc) is 2.84. The van der Waals surface area contributed by atoms with Gasteiger partial charge in [0.1, 0.15) is 0 Å². The minimum atomic E-state index is 0.267. The highest BCUT2D eigenvalue weighted by Gasteiger charge is 2.19. The molecule has 0 bridgehead atoms. The molecule has 0 fully saturated rings. The van der Waals surface area contributed by atoms with Crippen molar-refractivity contribution < 1.29 is 0 Å². The lowest BCUT2D eigenvalue weighted by Gasteiger charge is -2.17. The second kappa shape index (κ2) is 6.83. The number of benzene rings is 1. The van der Waals surface area contributed by atoms with Gasteiger partial charge in [-0.25, -0.2) is 0 Å². The summed E-state index contributed by atoms with van der Waals surface area (Å²) < 4.78 is 1.33. The van der Waals surface area contributed by atoms with Crippen LogP contribution in [0.1, 0.15) is 37.7 Å². The molecule has 2 rings (SSSR count). The van der Waals surface area contributed by atoms with Crippen molar-refractivity contribution in [1.29, 1.82) is 5.41 Å². The number of nitrogens with one attached hydrogen (secondary N) is 2. The van der Waals surface area contributed by atoms with Crippen LogP contribution in [-0.4, -0.2) is 19.3 Å². The summed E-state index contributed by atoms with van der Waals surface area (Å²) in [6, 6.07) is 8.54. The standard InChI is InChI=1S/C16H22N2S/c1-3-6-15(17)12(9-10-18-2)14-11-19-16-8-5-4-7-13(14)16/h4-5,7-8,11-12,17-18H,3,6,9-10H2,1-2H3. The Bertz CT molecular complexity index is 544. The molecule has 19 heavy (non-hydrogen) atoms. The Morgan fingerprint density at radius 3 is 2.89 bits per heavy atom. The molecular weight excluding hydrogens is 252 g/mol. The summed E-state index contributed by atoms with van der Waals surface area (Å²) in [5.74, 6) is 0.267. The van der Waals surface area contributed by atoms with Crippen LogP contribution in [0.3, 0.4) is 0 Å². The van der Waals surface area contributed by atoms with E-state index in [-0.39, 0.29) is 5.92 Å². The van der Waals surface area contributed by atoms with E-state index in [9.17, 15) is 0 Å². The van der Waals surface area contributed by atoms with E-state index < -0.39 is 0 Å². The van der Waals surface area contributed by atoms with E-state index in [1.165, 1.54) is 15.6 Å². The van der Waals surface area contributed by atoms with Crippen molar-refractivity contribution in [1.82, 2.24) is 5.32 Å². The van der Waals surface area contributed by atoms with Crippen LogP contribution in [0.15, 0.2) is 29.6 Å². The molecule has 0 amide bonds. The first-order chi connectivity index (χ1) is 9.27. The van der Waals surface area contributed by atoms with Gasteiger partial charge in [-0.15, -0.1) is 11.3 Å². The molecular formula is C16H22N2S. The SMILES string of the molecule is CCCC(=N)C(CCNC)c1csc2ccccc12. The van der Waals surface area contributed by atoms with Crippen LogP contribution < -0.4 is 5.32 Å². The number of rotatable bonds is 7. The molecule has 0 saturated carbocycles. The van der Waals surface area contributed by atoms with Gasteiger partial charge in [0.25, 0.3) is 0 Å². The zero-order valence-electron chi connectivity index (χ0n) is 11.7. The van der Waals surface area contributed by atoms with Crippen molar-refractivity contribution in [2.75, 3.05) is 13.6 Å². The Balaban J connectivity index is 2.33. The first kappa shape index (κ1) is 14.2. The van der Waals surface area contributed by atoms with Gasteiger partial charge in [-0.3, -0.25) is 0 Å². The maximum absolute atomic E-state index is 8.35. The highest BCUT2D eigenvalue weighted by Crippen LogP contribution is 2.34. The minimum Gasteiger partial charge on any atom is -0.320 e. The Hall–Kier alpha value is -1.19. The molecule has 102 valence electrons. The second-order valence-corrected chi connectivity index (χ2v) is 5.82. The molecule has 1 aromatic carbocycles. The van der Waals surface area contributed by atoms with E-state index >= 15 is 0 Å². The summed E-state index contributed by atoms with van der Waals surface area (Å²) in [5.41, 5.74) is 2.22. The minimum absolute atomic E-state index is 0.267. The van der Waals surface area contributed by atoms with E-state index in [1.807, 2.05) is 7.05 Å². The fourth-order valence-corrected chi connectivity index (χ4v) is 3.53. The highest BCUT2D eigenvalue weighted by molar-refractivity contribution is 7.17. The number of hydrogen-bond acceptors (Lipinski definition) is 3. The van der Waals surface area contributed by atoms with Crippen LogP contribution in [0.25, 0.3) is 10.1 Å². The molecule has 0 spiro atoms. The average molecular weight is 274 g/mol. The molecule has 0 aliphatic carbocycles. The fraction of sp³-hybridized carbons (Fsp3) is 0.438. The molecule has 0 aliphatic heterocycles. The number of fused-ring (bicyclic) bond motifs is 1. The van der Waals surface area contributed by atoms with Crippen LogP contribution in [0, 0.1) is 5.41 Å². The van der Waals surface area contributed by atoms with E-state index in [0.29, 0.717) is 0 Å². The lowest BCUT2D eigenvalue weighted by Crippen LogP contribution is -2.18. The van der Waals surface area contributed by atoms with Crippen LogP contribution in [0.4, 0.5) is 0 Å².